The zero-order chi connectivity index (χ0) is 7.15. The molecule has 0 unspecified atom stereocenters. The maximum atomic E-state index is 2.27. The van der Waals surface area contributed by atoms with Crippen molar-refractivity contribution in [2.24, 2.45) is 0 Å². The quantitative estimate of drug-likeness (QED) is 0.556. The minimum atomic E-state index is 0. The van der Waals surface area contributed by atoms with Crippen molar-refractivity contribution in [1.29, 1.82) is 0 Å². The molecule has 0 aromatic carbocycles. The molecule has 8 radical (unpaired) electrons. The number of hydrogen-bond donors (Lipinski definition) is 0. The van der Waals surface area contributed by atoms with Gasteiger partial charge in [-0.1, -0.05) is 39.3 Å². The van der Waals surface area contributed by atoms with Crippen LogP contribution in [0.4, 0.5) is 0 Å². The minimum absolute atomic E-state index is 0. The molecule has 0 nitrogen and oxygen atoms in total. The molecular formula is C6H18Sb2Si2. The van der Waals surface area contributed by atoms with E-state index in [9.17, 15) is 0 Å². The van der Waals surface area contributed by atoms with Crippen LogP contribution in [0.2, 0.25) is 39.3 Å². The molecule has 0 fully saturated rings. The van der Waals surface area contributed by atoms with Crippen molar-refractivity contribution in [2.45, 2.75) is 39.3 Å². The summed E-state index contributed by atoms with van der Waals surface area (Å²) in [6.07, 6.45) is 0. The zero-order valence-electron chi connectivity index (χ0n) is 7.89. The van der Waals surface area contributed by atoms with E-state index in [1.807, 2.05) is 0 Å². The van der Waals surface area contributed by atoms with E-state index in [1.54, 1.807) is 0 Å². The summed E-state index contributed by atoms with van der Waals surface area (Å²) >= 11 is 0. The van der Waals surface area contributed by atoms with Crippen LogP contribution in [0.1, 0.15) is 0 Å². The van der Waals surface area contributed by atoms with Gasteiger partial charge in [0, 0.05) is 66.4 Å². The topological polar surface area (TPSA) is 0 Å². The fourth-order valence-electron chi connectivity index (χ4n) is 0. The molecule has 0 heterocycles. The third-order valence-corrected chi connectivity index (χ3v) is 0. The Balaban J connectivity index is -0.0000000300. The van der Waals surface area contributed by atoms with Gasteiger partial charge in [0.15, 0.2) is 0 Å². The van der Waals surface area contributed by atoms with Gasteiger partial charge in [-0.15, -0.1) is 0 Å². The van der Waals surface area contributed by atoms with Crippen LogP contribution in [0.15, 0.2) is 0 Å². The first-order valence-corrected chi connectivity index (χ1v) is 9.00. The van der Waals surface area contributed by atoms with Crippen molar-refractivity contribution in [3.8, 4) is 0 Å². The van der Waals surface area contributed by atoms with Gasteiger partial charge in [0.25, 0.3) is 0 Å². The molecule has 0 saturated carbocycles. The van der Waals surface area contributed by atoms with E-state index >= 15 is 0 Å². The van der Waals surface area contributed by atoms with E-state index in [0.717, 1.165) is 0 Å². The number of hydrogen-bond acceptors (Lipinski definition) is 0. The Kier molecular flexibility index (Phi) is 39.1. The van der Waals surface area contributed by atoms with Crippen molar-refractivity contribution >= 4 is 66.4 Å². The molecule has 0 aliphatic rings. The Morgan fingerprint density at radius 3 is 0.500 bits per heavy atom. The van der Waals surface area contributed by atoms with Crippen molar-refractivity contribution in [1.82, 2.24) is 0 Å². The van der Waals surface area contributed by atoms with Crippen molar-refractivity contribution in [3.63, 3.8) is 0 Å². The molecule has 0 N–H and O–H groups in total. The average Bonchev–Trinajstić information content (AvgIpc) is 1.25. The monoisotopic (exact) mass is 388 g/mol. The van der Waals surface area contributed by atoms with Crippen LogP contribution in [-0.4, -0.2) is 66.4 Å². The van der Waals surface area contributed by atoms with Gasteiger partial charge in [0.1, 0.15) is 0 Å². The summed E-state index contributed by atoms with van der Waals surface area (Å²) in [6, 6.07) is 0. The summed E-state index contributed by atoms with van der Waals surface area (Å²) in [6.45, 7) is 13.6. The molecule has 0 rings (SSSR count). The first-order chi connectivity index (χ1) is 3.46. The van der Waals surface area contributed by atoms with Crippen LogP contribution in [0.5, 0.6) is 0 Å². The van der Waals surface area contributed by atoms with Crippen molar-refractivity contribution < 1.29 is 0 Å². The van der Waals surface area contributed by atoms with E-state index in [2.05, 4.69) is 39.3 Å². The van der Waals surface area contributed by atoms with E-state index < -0.39 is 0 Å². The molecule has 0 atom stereocenters. The van der Waals surface area contributed by atoms with Crippen molar-refractivity contribution in [2.75, 3.05) is 0 Å². The van der Waals surface area contributed by atoms with Gasteiger partial charge in [-0.3, -0.25) is 0 Å². The smallest absolute Gasteiger partial charge is 0.0379 e. The van der Waals surface area contributed by atoms with Crippen molar-refractivity contribution in [3.05, 3.63) is 0 Å². The molecule has 0 amide bonds. The Labute approximate surface area is 105 Å². The summed E-state index contributed by atoms with van der Waals surface area (Å²) in [5, 5.41) is 0. The second kappa shape index (κ2) is 17.2. The molecule has 0 aliphatic heterocycles. The molecule has 0 spiro atoms. The zero-order valence-corrected chi connectivity index (χ0v) is 15.0. The molecule has 0 bridgehead atoms. The van der Waals surface area contributed by atoms with E-state index in [-0.39, 0.29) is 66.4 Å². The largest absolute Gasteiger partial charge is 0.0715 e. The van der Waals surface area contributed by atoms with Crippen LogP contribution in [0.3, 0.4) is 0 Å². The maximum Gasteiger partial charge on any atom is 0.0379 e. The van der Waals surface area contributed by atoms with E-state index in [1.165, 1.54) is 0 Å². The first-order valence-electron chi connectivity index (χ1n) is 3.00. The third kappa shape index (κ3) is 193. The van der Waals surface area contributed by atoms with Crippen LogP contribution in [0.25, 0.3) is 0 Å². The SMILES string of the molecule is C[Si](C)C.C[Si](C)C.[Sb].[Sb]. The van der Waals surface area contributed by atoms with Crippen LogP contribution in [-0.2, 0) is 0 Å². The summed E-state index contributed by atoms with van der Waals surface area (Å²) < 4.78 is 0. The fourth-order valence-corrected chi connectivity index (χ4v) is 0. The van der Waals surface area contributed by atoms with Gasteiger partial charge in [0.05, 0.1) is 0 Å². The number of rotatable bonds is 0. The summed E-state index contributed by atoms with van der Waals surface area (Å²) in [5.74, 6) is 0. The van der Waals surface area contributed by atoms with Gasteiger partial charge in [-0.05, 0) is 0 Å². The summed E-state index contributed by atoms with van der Waals surface area (Å²) in [7, 11) is 0.241. The fraction of sp³-hybridized carbons (Fsp3) is 1.00. The minimum Gasteiger partial charge on any atom is -0.0715 e. The molecule has 0 saturated heterocycles. The van der Waals surface area contributed by atoms with Gasteiger partial charge in [0.2, 0.25) is 0 Å². The molecule has 60 valence electrons. The molecule has 0 aliphatic carbocycles. The second-order valence-corrected chi connectivity index (χ2v) is 9.00. The second-order valence-electron chi connectivity index (χ2n) is 3.00. The Morgan fingerprint density at radius 1 is 0.500 bits per heavy atom. The van der Waals surface area contributed by atoms with E-state index in [0.29, 0.717) is 0 Å². The molecule has 10 heavy (non-hydrogen) atoms. The van der Waals surface area contributed by atoms with Gasteiger partial charge in [-0.25, -0.2) is 0 Å². The molecular weight excluding hydrogens is 372 g/mol. The van der Waals surface area contributed by atoms with Crippen LogP contribution < -0.4 is 0 Å². The summed E-state index contributed by atoms with van der Waals surface area (Å²) in [5.41, 5.74) is 0. The molecule has 0 aromatic heterocycles. The Morgan fingerprint density at radius 2 is 0.500 bits per heavy atom. The van der Waals surface area contributed by atoms with E-state index in [4.69, 9.17) is 0 Å². The first kappa shape index (κ1) is 22.7. The maximum absolute atomic E-state index is 2.27. The molecule has 0 aromatic rings. The normalized spacial score (nSPS) is 7.20. The van der Waals surface area contributed by atoms with Gasteiger partial charge < -0.3 is 0 Å². The predicted octanol–water partition coefficient (Wildman–Crippen LogP) is 1.98. The standard InChI is InChI=1S/2C3H9Si.2Sb/c2*1-4(2)3;;/h2*1-3H3;;. The molecule has 4 heteroatoms. The van der Waals surface area contributed by atoms with Crippen LogP contribution in [0, 0.1) is 0 Å². The van der Waals surface area contributed by atoms with Gasteiger partial charge in [-0.2, -0.15) is 0 Å². The predicted molar refractivity (Wildman–Crippen MR) is 58.2 cm³/mol. The summed E-state index contributed by atoms with van der Waals surface area (Å²) in [4.78, 5) is 0. The van der Waals surface area contributed by atoms with Gasteiger partial charge >= 0.3 is 0 Å². The average molecular weight is 390 g/mol. The Hall–Kier alpha value is 2.07. The van der Waals surface area contributed by atoms with Crippen LogP contribution >= 0.6 is 0 Å². The Bertz CT molecular complexity index is 29.2. The third-order valence-electron chi connectivity index (χ3n) is 0.